The normalized spacial score (nSPS) is 7.71. The maximum Gasteiger partial charge on any atom is 0.143 e. The van der Waals surface area contributed by atoms with Gasteiger partial charge in [0.15, 0.2) is 0 Å². The number of hydrogen-bond acceptors (Lipinski definition) is 1. The molecular weight excluding hydrogens is 172 g/mol. The van der Waals surface area contributed by atoms with E-state index in [0.29, 0.717) is 6.29 Å². The number of carbonyl (C=O) groups excluding carboxylic acids is 1. The molecule has 0 rings (SSSR count). The van der Waals surface area contributed by atoms with Crippen molar-refractivity contribution in [2.24, 2.45) is 0 Å². The summed E-state index contributed by atoms with van der Waals surface area (Å²) in [6.07, 6.45) is 8.36. The van der Waals surface area contributed by atoms with Crippen LogP contribution in [0.5, 0.6) is 0 Å². The van der Waals surface area contributed by atoms with Gasteiger partial charge >= 0.3 is 0 Å². The minimum absolute atomic E-state index is 0.655. The third-order valence-corrected chi connectivity index (χ3v) is 0.906. The van der Waals surface area contributed by atoms with Gasteiger partial charge < -0.3 is 0 Å². The Morgan fingerprint density at radius 1 is 0.857 bits per heavy atom. The lowest BCUT2D eigenvalue weighted by atomic mass is 10.4. The van der Waals surface area contributed by atoms with Gasteiger partial charge in [-0.25, -0.2) is 0 Å². The first kappa shape index (κ1) is 11.6. The monoisotopic (exact) mass is 180 g/mol. The topological polar surface area (TPSA) is 17.1 Å². The van der Waals surface area contributed by atoms with E-state index in [0.717, 1.165) is 0 Å². The zero-order valence-corrected chi connectivity index (χ0v) is 7.58. The fourth-order valence-electron chi connectivity index (χ4n) is 0.422. The van der Waals surface area contributed by atoms with Crippen molar-refractivity contribution in [3.8, 4) is 35.5 Å². The van der Waals surface area contributed by atoms with E-state index in [9.17, 15) is 4.79 Å². The van der Waals surface area contributed by atoms with Crippen LogP contribution in [0.25, 0.3) is 0 Å². The summed E-state index contributed by atoms with van der Waals surface area (Å²) in [7, 11) is 0. The quantitative estimate of drug-likeness (QED) is 0.272. The van der Waals surface area contributed by atoms with Crippen LogP contribution in [-0.4, -0.2) is 6.29 Å². The first-order chi connectivity index (χ1) is 6.91. The lowest BCUT2D eigenvalue weighted by molar-refractivity contribution is -0.104. The summed E-state index contributed by atoms with van der Waals surface area (Å²) >= 11 is 0. The van der Waals surface area contributed by atoms with E-state index in [1.165, 1.54) is 12.2 Å². The highest BCUT2D eigenvalue weighted by molar-refractivity contribution is 5.65. The van der Waals surface area contributed by atoms with Gasteiger partial charge in [-0.3, -0.25) is 4.79 Å². The summed E-state index contributed by atoms with van der Waals surface area (Å²) in [5, 5.41) is 0. The van der Waals surface area contributed by atoms with Crippen LogP contribution >= 0.6 is 0 Å². The zero-order chi connectivity index (χ0) is 10.5. The Kier molecular flexibility index (Phi) is 8.74. The van der Waals surface area contributed by atoms with Gasteiger partial charge in [-0.15, -0.1) is 0 Å². The summed E-state index contributed by atoms with van der Waals surface area (Å²) in [6, 6.07) is 0. The summed E-state index contributed by atoms with van der Waals surface area (Å²) in [4.78, 5) is 9.81. The smallest absolute Gasteiger partial charge is 0.143 e. The highest BCUT2D eigenvalue weighted by atomic mass is 16.1. The highest BCUT2D eigenvalue weighted by Crippen LogP contribution is 1.68. The molecule has 0 bridgehead atoms. The Hall–Kier alpha value is -2.43. The molecule has 0 aromatic heterocycles. The molecule has 0 spiro atoms. The van der Waals surface area contributed by atoms with Gasteiger partial charge in [0.25, 0.3) is 0 Å². The molecular formula is C13H8O. The van der Waals surface area contributed by atoms with E-state index in [1.54, 1.807) is 18.2 Å². The molecule has 0 aliphatic carbocycles. The zero-order valence-electron chi connectivity index (χ0n) is 7.58. The predicted molar refractivity (Wildman–Crippen MR) is 57.9 cm³/mol. The lowest BCUT2D eigenvalue weighted by Gasteiger charge is -1.61. The van der Waals surface area contributed by atoms with Crippen LogP contribution in [0.3, 0.4) is 0 Å². The van der Waals surface area contributed by atoms with Crippen molar-refractivity contribution >= 4 is 6.29 Å². The third kappa shape index (κ3) is 9.57. The summed E-state index contributed by atoms with van der Waals surface area (Å²) in [6.45, 7) is 3.49. The van der Waals surface area contributed by atoms with Crippen molar-refractivity contribution in [2.45, 2.75) is 0 Å². The standard InChI is InChI=1S/C13H8O/c1-2-3-4-5-6-7-8-9-10-11-12-13-14/h2-4,11-13H,1H2/b4-3+,12-11+. The number of rotatable bonds is 2. The van der Waals surface area contributed by atoms with Crippen molar-refractivity contribution in [3.63, 3.8) is 0 Å². The molecule has 0 fully saturated rings. The van der Waals surface area contributed by atoms with Crippen molar-refractivity contribution < 1.29 is 4.79 Å². The molecule has 0 aromatic carbocycles. The van der Waals surface area contributed by atoms with Crippen LogP contribution in [0.1, 0.15) is 0 Å². The maximum absolute atomic E-state index is 9.81. The molecule has 0 aliphatic heterocycles. The molecule has 0 saturated heterocycles. The van der Waals surface area contributed by atoms with Crippen molar-refractivity contribution in [1.29, 1.82) is 0 Å². The second-order valence-corrected chi connectivity index (χ2v) is 1.88. The van der Waals surface area contributed by atoms with Gasteiger partial charge in [0.2, 0.25) is 0 Å². The minimum Gasteiger partial charge on any atom is -0.299 e. The largest absolute Gasteiger partial charge is 0.299 e. The van der Waals surface area contributed by atoms with Gasteiger partial charge in [0, 0.05) is 0 Å². The number of carbonyl (C=O) groups is 1. The fourth-order valence-corrected chi connectivity index (χ4v) is 0.422. The molecule has 1 nitrogen and oxygen atoms in total. The van der Waals surface area contributed by atoms with E-state index in [-0.39, 0.29) is 0 Å². The molecule has 0 aromatic rings. The third-order valence-electron chi connectivity index (χ3n) is 0.906. The van der Waals surface area contributed by atoms with Crippen LogP contribution in [0, 0.1) is 35.5 Å². The van der Waals surface area contributed by atoms with E-state index < -0.39 is 0 Å². The Morgan fingerprint density at radius 3 is 1.93 bits per heavy atom. The second kappa shape index (κ2) is 10.6. The Balaban J connectivity index is 4.02. The molecule has 1 heteroatoms. The van der Waals surface area contributed by atoms with E-state index in [1.807, 2.05) is 0 Å². The van der Waals surface area contributed by atoms with E-state index in [4.69, 9.17) is 0 Å². The van der Waals surface area contributed by atoms with Crippen molar-refractivity contribution in [1.82, 2.24) is 0 Å². The van der Waals surface area contributed by atoms with E-state index in [2.05, 4.69) is 42.1 Å². The Bertz CT molecular complexity index is 377. The average molecular weight is 180 g/mol. The number of aldehydes is 1. The van der Waals surface area contributed by atoms with Crippen LogP contribution in [0.2, 0.25) is 0 Å². The van der Waals surface area contributed by atoms with Crippen molar-refractivity contribution in [3.05, 3.63) is 37.0 Å². The second-order valence-electron chi connectivity index (χ2n) is 1.88. The molecule has 0 aliphatic rings. The SMILES string of the molecule is C=C/C=C/C#CC#CC#C/C=C/C=O. The fraction of sp³-hybridized carbons (Fsp3) is 0. The molecule has 0 N–H and O–H groups in total. The first-order valence-electron chi connectivity index (χ1n) is 3.80. The summed E-state index contributed by atoms with van der Waals surface area (Å²) in [5.74, 6) is 15.3. The number of hydrogen-bond donors (Lipinski definition) is 0. The van der Waals surface area contributed by atoms with Crippen molar-refractivity contribution in [2.75, 3.05) is 0 Å². The van der Waals surface area contributed by atoms with Gasteiger partial charge in [0.05, 0.1) is 0 Å². The molecule has 0 amide bonds. The molecule has 0 radical (unpaired) electrons. The van der Waals surface area contributed by atoms with Crippen LogP contribution < -0.4 is 0 Å². The molecule has 0 atom stereocenters. The van der Waals surface area contributed by atoms with Gasteiger partial charge in [-0.2, -0.15) is 0 Å². The molecule has 0 heterocycles. The lowest BCUT2D eigenvalue weighted by Crippen LogP contribution is -1.57. The molecule has 0 unspecified atom stereocenters. The van der Waals surface area contributed by atoms with Gasteiger partial charge in [-0.05, 0) is 41.9 Å². The molecule has 0 saturated carbocycles. The molecule has 14 heavy (non-hydrogen) atoms. The van der Waals surface area contributed by atoms with Gasteiger partial charge in [0.1, 0.15) is 6.29 Å². The maximum atomic E-state index is 9.81. The number of allylic oxidation sites excluding steroid dienone is 5. The summed E-state index contributed by atoms with van der Waals surface area (Å²) < 4.78 is 0. The Labute approximate surface area is 84.2 Å². The van der Waals surface area contributed by atoms with Crippen LogP contribution in [-0.2, 0) is 4.79 Å². The van der Waals surface area contributed by atoms with Gasteiger partial charge in [-0.1, -0.05) is 30.6 Å². The molecule has 66 valence electrons. The first-order valence-corrected chi connectivity index (χ1v) is 3.80. The van der Waals surface area contributed by atoms with Crippen LogP contribution in [0.4, 0.5) is 0 Å². The average Bonchev–Trinajstić information content (AvgIpc) is 2.21. The van der Waals surface area contributed by atoms with Crippen LogP contribution in [0.15, 0.2) is 37.0 Å². The highest BCUT2D eigenvalue weighted by Gasteiger charge is 1.58. The summed E-state index contributed by atoms with van der Waals surface area (Å²) in [5.41, 5.74) is 0. The Morgan fingerprint density at radius 2 is 1.43 bits per heavy atom. The predicted octanol–water partition coefficient (Wildman–Crippen LogP) is 1.49. The minimum atomic E-state index is 0.655. The van der Waals surface area contributed by atoms with E-state index >= 15 is 0 Å².